The molecule has 7 heteroatoms. The fourth-order valence-corrected chi connectivity index (χ4v) is 2.15. The summed E-state index contributed by atoms with van der Waals surface area (Å²) in [7, 11) is -3.12. The third kappa shape index (κ3) is 10.9. The van der Waals surface area contributed by atoms with E-state index in [1.807, 2.05) is 6.92 Å². The Kier molecular flexibility index (Phi) is 8.95. The third-order valence-electron chi connectivity index (χ3n) is 2.67. The summed E-state index contributed by atoms with van der Waals surface area (Å²) in [5.74, 6) is -0.0166. The van der Waals surface area contributed by atoms with E-state index >= 15 is 0 Å². The van der Waals surface area contributed by atoms with Crippen LogP contribution >= 0.6 is 0 Å². The highest BCUT2D eigenvalue weighted by atomic mass is 32.2. The molecule has 0 aromatic rings. The second kappa shape index (κ2) is 9.28. The predicted molar refractivity (Wildman–Crippen MR) is 77.4 cm³/mol. The molecule has 0 aliphatic carbocycles. The molecule has 0 aromatic heterocycles. The van der Waals surface area contributed by atoms with Gasteiger partial charge in [-0.05, 0) is 33.2 Å². The molecule has 2 unspecified atom stereocenters. The van der Waals surface area contributed by atoms with Crippen LogP contribution in [-0.4, -0.2) is 45.8 Å². The highest BCUT2D eigenvalue weighted by Crippen LogP contribution is 1.95. The van der Waals surface area contributed by atoms with E-state index in [0.717, 1.165) is 19.1 Å². The highest BCUT2D eigenvalue weighted by Gasteiger charge is 2.13. The molecule has 0 spiro atoms. The van der Waals surface area contributed by atoms with E-state index in [0.29, 0.717) is 19.5 Å². The molecule has 0 saturated heterocycles. The molecule has 0 bridgehead atoms. The zero-order valence-electron chi connectivity index (χ0n) is 12.3. The largest absolute Gasteiger partial charge is 0.352 e. The first-order chi connectivity index (χ1) is 8.76. The molecule has 0 saturated carbocycles. The van der Waals surface area contributed by atoms with Crippen molar-refractivity contribution in [2.75, 3.05) is 19.3 Å². The molecule has 0 aliphatic heterocycles. The van der Waals surface area contributed by atoms with Crippen molar-refractivity contribution in [3.05, 3.63) is 0 Å². The van der Waals surface area contributed by atoms with Crippen molar-refractivity contribution in [1.82, 2.24) is 15.4 Å². The summed E-state index contributed by atoms with van der Waals surface area (Å²) in [6, 6.07) is -0.0776. The number of carbonyl (C=O) groups excluding carboxylic acids is 1. The van der Waals surface area contributed by atoms with Crippen molar-refractivity contribution in [3.63, 3.8) is 0 Å². The molecule has 0 aliphatic rings. The van der Waals surface area contributed by atoms with Crippen LogP contribution in [0.1, 0.15) is 40.0 Å². The maximum Gasteiger partial charge on any atom is 0.237 e. The molecule has 2 atom stereocenters. The van der Waals surface area contributed by atoms with Crippen LogP contribution in [0.25, 0.3) is 0 Å². The Hall–Kier alpha value is -0.660. The van der Waals surface area contributed by atoms with Gasteiger partial charge < -0.3 is 10.6 Å². The van der Waals surface area contributed by atoms with Crippen LogP contribution in [-0.2, 0) is 14.8 Å². The van der Waals surface area contributed by atoms with Crippen LogP contribution in [0.5, 0.6) is 0 Å². The second-order valence-electron chi connectivity index (χ2n) is 4.89. The summed E-state index contributed by atoms with van der Waals surface area (Å²) in [4.78, 5) is 11.8. The van der Waals surface area contributed by atoms with Gasteiger partial charge in [-0.1, -0.05) is 13.3 Å². The van der Waals surface area contributed by atoms with Crippen LogP contribution in [0.4, 0.5) is 0 Å². The van der Waals surface area contributed by atoms with E-state index in [9.17, 15) is 13.2 Å². The number of hydrogen-bond donors (Lipinski definition) is 3. The van der Waals surface area contributed by atoms with Crippen molar-refractivity contribution >= 4 is 15.9 Å². The van der Waals surface area contributed by atoms with Gasteiger partial charge in [-0.2, -0.15) is 0 Å². The highest BCUT2D eigenvalue weighted by molar-refractivity contribution is 7.88. The normalized spacial score (nSPS) is 14.9. The molecular formula is C12H27N3O3S. The van der Waals surface area contributed by atoms with Gasteiger partial charge in [0.15, 0.2) is 0 Å². The second-order valence-corrected chi connectivity index (χ2v) is 6.73. The smallest absolute Gasteiger partial charge is 0.237 e. The quantitative estimate of drug-likeness (QED) is 0.502. The summed E-state index contributed by atoms with van der Waals surface area (Å²) in [5.41, 5.74) is 0. The SMILES string of the molecule is CCCC(C)NC(=O)C(C)NCCCNS(C)(=O)=O. The Balaban J connectivity index is 3.73. The van der Waals surface area contributed by atoms with E-state index in [1.54, 1.807) is 6.92 Å². The van der Waals surface area contributed by atoms with Gasteiger partial charge in [-0.25, -0.2) is 13.1 Å². The standard InChI is InChI=1S/C12H27N3O3S/c1-5-7-10(2)15-12(16)11(3)13-8-6-9-14-19(4,17)18/h10-11,13-14H,5-9H2,1-4H3,(H,15,16). The lowest BCUT2D eigenvalue weighted by Crippen LogP contribution is -2.46. The lowest BCUT2D eigenvalue weighted by molar-refractivity contribution is -0.123. The maximum absolute atomic E-state index is 11.8. The first-order valence-corrected chi connectivity index (χ1v) is 8.63. The van der Waals surface area contributed by atoms with Crippen molar-refractivity contribution in [2.24, 2.45) is 0 Å². The first kappa shape index (κ1) is 18.3. The number of rotatable bonds is 10. The minimum atomic E-state index is -3.12. The van der Waals surface area contributed by atoms with Gasteiger partial charge >= 0.3 is 0 Å². The molecule has 0 aromatic carbocycles. The van der Waals surface area contributed by atoms with Gasteiger partial charge in [0.25, 0.3) is 0 Å². The molecule has 1 amide bonds. The number of amides is 1. The number of sulfonamides is 1. The van der Waals surface area contributed by atoms with Crippen LogP contribution in [0.15, 0.2) is 0 Å². The van der Waals surface area contributed by atoms with Crippen LogP contribution < -0.4 is 15.4 Å². The number of nitrogens with one attached hydrogen (secondary N) is 3. The van der Waals surface area contributed by atoms with Gasteiger partial charge in [0.1, 0.15) is 0 Å². The average Bonchev–Trinajstić information content (AvgIpc) is 2.26. The summed E-state index contributed by atoms with van der Waals surface area (Å²) in [6.45, 7) is 6.85. The van der Waals surface area contributed by atoms with Gasteiger partial charge in [0.05, 0.1) is 12.3 Å². The van der Waals surface area contributed by atoms with E-state index in [2.05, 4.69) is 22.3 Å². The van der Waals surface area contributed by atoms with Crippen LogP contribution in [0.3, 0.4) is 0 Å². The van der Waals surface area contributed by atoms with Gasteiger partial charge in [0, 0.05) is 12.6 Å². The first-order valence-electron chi connectivity index (χ1n) is 6.74. The monoisotopic (exact) mass is 293 g/mol. The molecule has 0 fully saturated rings. The molecule has 3 N–H and O–H groups in total. The van der Waals surface area contributed by atoms with Gasteiger partial charge in [-0.15, -0.1) is 0 Å². The summed E-state index contributed by atoms with van der Waals surface area (Å²) < 4.78 is 24.1. The topological polar surface area (TPSA) is 87.3 Å². The zero-order valence-corrected chi connectivity index (χ0v) is 13.1. The zero-order chi connectivity index (χ0) is 14.9. The molecule has 0 radical (unpaired) electrons. The summed E-state index contributed by atoms with van der Waals surface area (Å²) >= 11 is 0. The number of carbonyl (C=O) groups is 1. The Morgan fingerprint density at radius 2 is 1.84 bits per heavy atom. The molecular weight excluding hydrogens is 266 g/mol. The minimum Gasteiger partial charge on any atom is -0.352 e. The third-order valence-corrected chi connectivity index (χ3v) is 3.40. The van der Waals surface area contributed by atoms with E-state index in [-0.39, 0.29) is 18.0 Å². The fraction of sp³-hybridized carbons (Fsp3) is 0.917. The predicted octanol–water partition coefficient (Wildman–Crippen LogP) is 0.209. The number of hydrogen-bond acceptors (Lipinski definition) is 4. The average molecular weight is 293 g/mol. The Morgan fingerprint density at radius 3 is 2.37 bits per heavy atom. The van der Waals surface area contributed by atoms with Crippen molar-refractivity contribution < 1.29 is 13.2 Å². The molecule has 0 rings (SSSR count). The minimum absolute atomic E-state index is 0.0166. The summed E-state index contributed by atoms with van der Waals surface area (Å²) in [5, 5.41) is 6.00. The van der Waals surface area contributed by atoms with Crippen LogP contribution in [0.2, 0.25) is 0 Å². The van der Waals surface area contributed by atoms with Crippen molar-refractivity contribution in [3.8, 4) is 0 Å². The molecule has 6 nitrogen and oxygen atoms in total. The summed E-state index contributed by atoms with van der Waals surface area (Å²) in [6.07, 6.45) is 3.79. The van der Waals surface area contributed by atoms with Crippen molar-refractivity contribution in [1.29, 1.82) is 0 Å². The van der Waals surface area contributed by atoms with E-state index < -0.39 is 10.0 Å². The lowest BCUT2D eigenvalue weighted by Gasteiger charge is -2.18. The molecule has 114 valence electrons. The van der Waals surface area contributed by atoms with Gasteiger partial charge in [-0.3, -0.25) is 4.79 Å². The van der Waals surface area contributed by atoms with Crippen molar-refractivity contribution in [2.45, 2.75) is 52.1 Å². The Bertz CT molecular complexity index is 357. The lowest BCUT2D eigenvalue weighted by atomic mass is 10.2. The van der Waals surface area contributed by atoms with E-state index in [1.165, 1.54) is 0 Å². The molecule has 19 heavy (non-hydrogen) atoms. The van der Waals surface area contributed by atoms with Gasteiger partial charge in [0.2, 0.25) is 15.9 Å². The van der Waals surface area contributed by atoms with Crippen LogP contribution in [0, 0.1) is 0 Å². The van der Waals surface area contributed by atoms with E-state index in [4.69, 9.17) is 0 Å². The fourth-order valence-electron chi connectivity index (χ4n) is 1.63. The Labute approximate surface area is 116 Å². The molecule has 0 heterocycles. The Morgan fingerprint density at radius 1 is 1.21 bits per heavy atom. The maximum atomic E-state index is 11.8.